The van der Waals surface area contributed by atoms with Gasteiger partial charge in [0.25, 0.3) is 0 Å². The van der Waals surface area contributed by atoms with Crippen molar-refractivity contribution in [1.29, 1.82) is 0 Å². The van der Waals surface area contributed by atoms with Gasteiger partial charge in [-0.15, -0.1) is 0 Å². The molecular weight excluding hydrogens is 280 g/mol. The lowest BCUT2D eigenvalue weighted by atomic mass is 10.1. The van der Waals surface area contributed by atoms with Crippen molar-refractivity contribution in [1.82, 2.24) is 0 Å². The van der Waals surface area contributed by atoms with Crippen LogP contribution in [-0.2, 0) is 19.1 Å². The quantitative estimate of drug-likeness (QED) is 0.519. The molecule has 0 heterocycles. The first kappa shape index (κ1) is 17.3. The smallest absolute Gasteiger partial charge is 0.306 e. The molecule has 0 aromatic rings. The highest BCUT2D eigenvalue weighted by atomic mass is 16.6. The van der Waals surface area contributed by atoms with Gasteiger partial charge in [-0.3, -0.25) is 9.59 Å². The molecule has 4 heteroatoms. The van der Waals surface area contributed by atoms with Gasteiger partial charge in [0, 0.05) is 12.8 Å². The summed E-state index contributed by atoms with van der Waals surface area (Å²) in [5.74, 6) is -0.249. The van der Waals surface area contributed by atoms with Crippen molar-refractivity contribution in [3.8, 4) is 0 Å². The normalized spacial score (nSPS) is 22.5. The molecule has 0 N–H and O–H groups in total. The van der Waals surface area contributed by atoms with Crippen molar-refractivity contribution < 1.29 is 19.1 Å². The number of ether oxygens (including phenoxy) is 2. The molecule has 0 aromatic heterocycles. The first-order valence-electron chi connectivity index (χ1n) is 8.85. The van der Waals surface area contributed by atoms with Crippen molar-refractivity contribution in [3.63, 3.8) is 0 Å². The van der Waals surface area contributed by atoms with E-state index < -0.39 is 0 Å². The molecule has 0 spiro atoms. The average Bonchev–Trinajstić information content (AvgIpc) is 3.04. The number of esters is 2. The summed E-state index contributed by atoms with van der Waals surface area (Å²) < 4.78 is 11.1. The number of carbonyl (C=O) groups is 2. The van der Waals surface area contributed by atoms with E-state index in [1.807, 2.05) is 13.8 Å². The summed E-state index contributed by atoms with van der Waals surface area (Å²) in [6.45, 7) is 4.05. The maximum Gasteiger partial charge on any atom is 0.306 e. The summed E-state index contributed by atoms with van der Waals surface area (Å²) in [6.07, 6.45) is 10.7. The minimum Gasteiger partial charge on any atom is -0.459 e. The number of rotatable bonds is 7. The van der Waals surface area contributed by atoms with E-state index in [0.29, 0.717) is 25.7 Å². The van der Waals surface area contributed by atoms with Crippen LogP contribution in [0.4, 0.5) is 0 Å². The van der Waals surface area contributed by atoms with Gasteiger partial charge in [0.2, 0.25) is 0 Å². The molecule has 2 fully saturated rings. The third-order valence-electron chi connectivity index (χ3n) is 5.05. The van der Waals surface area contributed by atoms with Crippen LogP contribution in [0.2, 0.25) is 0 Å². The van der Waals surface area contributed by atoms with Crippen LogP contribution in [0.3, 0.4) is 0 Å². The summed E-state index contributed by atoms with van der Waals surface area (Å²) >= 11 is 0. The van der Waals surface area contributed by atoms with Crippen LogP contribution in [-0.4, -0.2) is 23.1 Å². The molecular formula is C18H30O4. The molecule has 0 aliphatic heterocycles. The second-order valence-electron chi connectivity index (χ2n) is 7.47. The number of unbranched alkanes of at least 4 members (excludes halogenated alkanes) is 1. The molecule has 2 aliphatic carbocycles. The number of hydrogen-bond donors (Lipinski definition) is 0. The SMILES string of the molecule is CC1(OC(=O)CCCCC(=O)OC2(C)CCCC2)CCCC1. The highest BCUT2D eigenvalue weighted by Crippen LogP contribution is 2.34. The molecule has 0 amide bonds. The molecule has 0 atom stereocenters. The second kappa shape index (κ2) is 7.47. The third kappa shape index (κ3) is 5.29. The van der Waals surface area contributed by atoms with E-state index in [2.05, 4.69) is 0 Å². The van der Waals surface area contributed by atoms with E-state index >= 15 is 0 Å². The lowest BCUT2D eigenvalue weighted by Crippen LogP contribution is -2.28. The summed E-state index contributed by atoms with van der Waals surface area (Å²) in [4.78, 5) is 23.7. The van der Waals surface area contributed by atoms with Gasteiger partial charge in [-0.05, 0) is 78.1 Å². The average molecular weight is 310 g/mol. The van der Waals surface area contributed by atoms with E-state index in [1.165, 1.54) is 0 Å². The van der Waals surface area contributed by atoms with Gasteiger partial charge in [0.05, 0.1) is 0 Å². The van der Waals surface area contributed by atoms with E-state index in [9.17, 15) is 9.59 Å². The lowest BCUT2D eigenvalue weighted by Gasteiger charge is -2.24. The van der Waals surface area contributed by atoms with Crippen LogP contribution in [0.1, 0.15) is 90.9 Å². The van der Waals surface area contributed by atoms with E-state index in [0.717, 1.165) is 51.4 Å². The fraction of sp³-hybridized carbons (Fsp3) is 0.889. The van der Waals surface area contributed by atoms with Crippen molar-refractivity contribution in [3.05, 3.63) is 0 Å². The van der Waals surface area contributed by atoms with Crippen molar-refractivity contribution in [2.24, 2.45) is 0 Å². The maximum atomic E-state index is 11.8. The topological polar surface area (TPSA) is 52.6 Å². The number of carbonyl (C=O) groups excluding carboxylic acids is 2. The number of hydrogen-bond acceptors (Lipinski definition) is 4. The third-order valence-corrected chi connectivity index (χ3v) is 5.05. The van der Waals surface area contributed by atoms with E-state index in [4.69, 9.17) is 9.47 Å². The molecule has 0 saturated heterocycles. The molecule has 4 nitrogen and oxygen atoms in total. The van der Waals surface area contributed by atoms with Crippen LogP contribution in [0, 0.1) is 0 Å². The minimum atomic E-state index is -0.243. The summed E-state index contributed by atoms with van der Waals surface area (Å²) in [5.41, 5.74) is -0.486. The van der Waals surface area contributed by atoms with Gasteiger partial charge in [0.15, 0.2) is 0 Å². The molecule has 126 valence electrons. The fourth-order valence-electron chi connectivity index (χ4n) is 3.64. The summed E-state index contributed by atoms with van der Waals surface area (Å²) in [7, 11) is 0. The van der Waals surface area contributed by atoms with Gasteiger partial charge < -0.3 is 9.47 Å². The predicted molar refractivity (Wildman–Crippen MR) is 84.4 cm³/mol. The Kier molecular flexibility index (Phi) is 5.87. The standard InChI is InChI=1S/C18H30O4/c1-17(11-5-6-12-17)21-15(19)9-3-4-10-16(20)22-18(2)13-7-8-14-18/h3-14H2,1-2H3. The van der Waals surface area contributed by atoms with Crippen LogP contribution < -0.4 is 0 Å². The first-order chi connectivity index (χ1) is 10.4. The Morgan fingerprint density at radius 2 is 1.05 bits per heavy atom. The van der Waals surface area contributed by atoms with Gasteiger partial charge in [0.1, 0.15) is 11.2 Å². The Bertz CT molecular complexity index is 352. The van der Waals surface area contributed by atoms with Crippen molar-refractivity contribution in [2.75, 3.05) is 0 Å². The highest BCUT2D eigenvalue weighted by Gasteiger charge is 2.33. The van der Waals surface area contributed by atoms with E-state index in [-0.39, 0.29) is 23.1 Å². The Hall–Kier alpha value is -1.06. The zero-order valence-electron chi connectivity index (χ0n) is 14.1. The minimum absolute atomic E-state index is 0.125. The Morgan fingerprint density at radius 3 is 1.36 bits per heavy atom. The maximum absolute atomic E-state index is 11.8. The zero-order chi connectivity index (χ0) is 16.1. The second-order valence-corrected chi connectivity index (χ2v) is 7.47. The summed E-state index contributed by atoms with van der Waals surface area (Å²) in [6, 6.07) is 0. The molecule has 2 rings (SSSR count). The van der Waals surface area contributed by atoms with Crippen molar-refractivity contribution in [2.45, 2.75) is 102 Å². The Balaban J connectivity index is 1.56. The largest absolute Gasteiger partial charge is 0.459 e. The molecule has 2 aliphatic rings. The monoisotopic (exact) mass is 310 g/mol. The van der Waals surface area contributed by atoms with Crippen LogP contribution in [0.5, 0.6) is 0 Å². The fourth-order valence-corrected chi connectivity index (χ4v) is 3.64. The molecule has 0 unspecified atom stereocenters. The van der Waals surface area contributed by atoms with Gasteiger partial charge in [-0.1, -0.05) is 0 Å². The summed E-state index contributed by atoms with van der Waals surface area (Å²) in [5, 5.41) is 0. The molecule has 0 aromatic carbocycles. The molecule has 0 radical (unpaired) electrons. The molecule has 2 saturated carbocycles. The zero-order valence-corrected chi connectivity index (χ0v) is 14.1. The lowest BCUT2D eigenvalue weighted by molar-refractivity contribution is -0.160. The Labute approximate surface area is 133 Å². The van der Waals surface area contributed by atoms with E-state index in [1.54, 1.807) is 0 Å². The Morgan fingerprint density at radius 1 is 0.727 bits per heavy atom. The van der Waals surface area contributed by atoms with Gasteiger partial charge in [-0.25, -0.2) is 0 Å². The van der Waals surface area contributed by atoms with Crippen molar-refractivity contribution >= 4 is 11.9 Å². The molecule has 0 bridgehead atoms. The highest BCUT2D eigenvalue weighted by molar-refractivity contribution is 5.71. The van der Waals surface area contributed by atoms with Crippen LogP contribution >= 0.6 is 0 Å². The molecule has 22 heavy (non-hydrogen) atoms. The van der Waals surface area contributed by atoms with Gasteiger partial charge >= 0.3 is 11.9 Å². The first-order valence-corrected chi connectivity index (χ1v) is 8.85. The van der Waals surface area contributed by atoms with Gasteiger partial charge in [-0.2, -0.15) is 0 Å². The van der Waals surface area contributed by atoms with Crippen LogP contribution in [0.25, 0.3) is 0 Å². The predicted octanol–water partition coefficient (Wildman–Crippen LogP) is 4.30. The van der Waals surface area contributed by atoms with Crippen LogP contribution in [0.15, 0.2) is 0 Å².